The number of nitriles is 1. The Hall–Kier alpha value is -1.90. The number of nitrogens with zero attached hydrogens (tertiary/aromatic N) is 1. The molecule has 0 aliphatic heterocycles. The minimum Gasteiger partial charge on any atom is -0.294 e. The molecule has 0 saturated carbocycles. The Labute approximate surface area is 101 Å². The van der Waals surface area contributed by atoms with Crippen LogP contribution in [0.5, 0.6) is 0 Å². The van der Waals surface area contributed by atoms with E-state index < -0.39 is 29.3 Å². The summed E-state index contributed by atoms with van der Waals surface area (Å²) in [6.07, 6.45) is -4.84. The van der Waals surface area contributed by atoms with E-state index in [1.807, 2.05) is 0 Å². The van der Waals surface area contributed by atoms with E-state index in [2.05, 4.69) is 0 Å². The Morgan fingerprint density at radius 1 is 1.39 bits per heavy atom. The first-order chi connectivity index (χ1) is 8.25. The first-order valence-electron chi connectivity index (χ1n) is 5.04. The summed E-state index contributed by atoms with van der Waals surface area (Å²) in [5, 5.41) is 8.41. The zero-order valence-corrected chi connectivity index (χ0v) is 9.38. The van der Waals surface area contributed by atoms with E-state index in [1.165, 1.54) is 6.92 Å². The molecule has 0 fully saturated rings. The van der Waals surface area contributed by atoms with Crippen LogP contribution >= 0.6 is 0 Å². The van der Waals surface area contributed by atoms with E-state index in [0.29, 0.717) is 12.1 Å². The Bertz CT molecular complexity index is 502. The molecule has 0 saturated heterocycles. The summed E-state index contributed by atoms with van der Waals surface area (Å²) < 4.78 is 50.3. The average Bonchev–Trinajstić information content (AvgIpc) is 2.26. The second-order valence-corrected chi connectivity index (χ2v) is 3.85. The van der Waals surface area contributed by atoms with Crippen LogP contribution in [0, 0.1) is 23.1 Å². The normalized spacial score (nSPS) is 12.9. The maximum absolute atomic E-state index is 13.1. The van der Waals surface area contributed by atoms with Crippen molar-refractivity contribution in [2.75, 3.05) is 0 Å². The van der Waals surface area contributed by atoms with Gasteiger partial charge in [0, 0.05) is 17.9 Å². The number of ketones is 1. The third kappa shape index (κ3) is 3.29. The van der Waals surface area contributed by atoms with E-state index in [1.54, 1.807) is 6.07 Å². The number of hydrogen-bond acceptors (Lipinski definition) is 2. The van der Waals surface area contributed by atoms with Crippen molar-refractivity contribution >= 4 is 5.78 Å². The molecular weight excluding hydrogens is 250 g/mol. The molecule has 0 spiro atoms. The van der Waals surface area contributed by atoms with Gasteiger partial charge in [0.2, 0.25) is 0 Å². The molecule has 1 rings (SSSR count). The first kappa shape index (κ1) is 14.2. The summed E-state index contributed by atoms with van der Waals surface area (Å²) in [6.45, 7) is 1.41. The molecule has 1 aromatic carbocycles. The van der Waals surface area contributed by atoms with Crippen LogP contribution in [0.25, 0.3) is 0 Å². The number of rotatable bonds is 3. The molecule has 0 radical (unpaired) electrons. The highest BCUT2D eigenvalue weighted by Gasteiger charge is 2.32. The summed E-state index contributed by atoms with van der Waals surface area (Å²) in [5.74, 6) is -2.57. The topological polar surface area (TPSA) is 40.9 Å². The Morgan fingerprint density at radius 3 is 2.50 bits per heavy atom. The van der Waals surface area contributed by atoms with Crippen LogP contribution in [0.4, 0.5) is 17.6 Å². The monoisotopic (exact) mass is 259 g/mol. The van der Waals surface area contributed by atoms with Gasteiger partial charge in [-0.3, -0.25) is 4.79 Å². The van der Waals surface area contributed by atoms with Gasteiger partial charge in [0.25, 0.3) is 0 Å². The van der Waals surface area contributed by atoms with Crippen LogP contribution in [-0.2, 0) is 6.18 Å². The highest BCUT2D eigenvalue weighted by Crippen LogP contribution is 2.31. The fourth-order valence-corrected chi connectivity index (χ4v) is 1.41. The SMILES string of the molecule is CC(CC#N)C(=O)c1cc(F)cc(C(F)(F)F)c1. The second-order valence-electron chi connectivity index (χ2n) is 3.85. The number of Topliss-reactive ketones (excluding diaryl/α,β-unsaturated/α-hetero) is 1. The van der Waals surface area contributed by atoms with Gasteiger partial charge in [-0.05, 0) is 18.2 Å². The molecule has 0 bridgehead atoms. The van der Waals surface area contributed by atoms with Crippen molar-refractivity contribution in [3.05, 3.63) is 35.1 Å². The maximum Gasteiger partial charge on any atom is 0.416 e. The highest BCUT2D eigenvalue weighted by molar-refractivity contribution is 5.98. The van der Waals surface area contributed by atoms with Crippen LogP contribution in [0.15, 0.2) is 18.2 Å². The molecule has 0 aliphatic carbocycles. The van der Waals surface area contributed by atoms with Crippen LogP contribution in [0.1, 0.15) is 29.3 Å². The lowest BCUT2D eigenvalue weighted by molar-refractivity contribution is -0.137. The molecule has 0 N–H and O–H groups in total. The van der Waals surface area contributed by atoms with Gasteiger partial charge in [-0.1, -0.05) is 6.92 Å². The number of halogens is 4. The van der Waals surface area contributed by atoms with Gasteiger partial charge >= 0.3 is 6.18 Å². The molecule has 18 heavy (non-hydrogen) atoms. The van der Waals surface area contributed by atoms with E-state index >= 15 is 0 Å². The highest BCUT2D eigenvalue weighted by atomic mass is 19.4. The molecule has 0 aromatic heterocycles. The third-order valence-electron chi connectivity index (χ3n) is 2.35. The average molecular weight is 259 g/mol. The molecule has 0 heterocycles. The summed E-state index contributed by atoms with van der Waals surface area (Å²) in [7, 11) is 0. The van der Waals surface area contributed by atoms with Crippen molar-refractivity contribution in [3.8, 4) is 6.07 Å². The van der Waals surface area contributed by atoms with Crippen molar-refractivity contribution in [2.24, 2.45) is 5.92 Å². The zero-order valence-electron chi connectivity index (χ0n) is 9.38. The summed E-state index contributed by atoms with van der Waals surface area (Å²) in [5.41, 5.74) is -1.58. The van der Waals surface area contributed by atoms with Gasteiger partial charge in [-0.2, -0.15) is 18.4 Å². The van der Waals surface area contributed by atoms with Gasteiger partial charge in [-0.15, -0.1) is 0 Å². The van der Waals surface area contributed by atoms with Gasteiger partial charge in [-0.25, -0.2) is 4.39 Å². The van der Waals surface area contributed by atoms with Crippen molar-refractivity contribution < 1.29 is 22.4 Å². The fraction of sp³-hybridized carbons (Fsp3) is 0.333. The number of carbonyl (C=O) groups excluding carboxylic acids is 1. The smallest absolute Gasteiger partial charge is 0.294 e. The molecular formula is C12H9F4NO. The lowest BCUT2D eigenvalue weighted by Gasteiger charge is -2.11. The van der Waals surface area contributed by atoms with E-state index in [4.69, 9.17) is 5.26 Å². The Balaban J connectivity index is 3.15. The molecule has 1 unspecified atom stereocenters. The molecule has 96 valence electrons. The minimum absolute atomic E-state index is 0.128. The van der Waals surface area contributed by atoms with Gasteiger partial charge < -0.3 is 0 Å². The quantitative estimate of drug-likeness (QED) is 0.615. The molecule has 1 aromatic rings. The lowest BCUT2D eigenvalue weighted by atomic mass is 9.95. The van der Waals surface area contributed by atoms with Crippen molar-refractivity contribution in [1.29, 1.82) is 5.26 Å². The Morgan fingerprint density at radius 2 is 2.00 bits per heavy atom. The predicted molar refractivity (Wildman–Crippen MR) is 55.1 cm³/mol. The lowest BCUT2D eigenvalue weighted by Crippen LogP contribution is -2.13. The van der Waals surface area contributed by atoms with Crippen molar-refractivity contribution in [2.45, 2.75) is 19.5 Å². The van der Waals surface area contributed by atoms with Crippen LogP contribution in [0.2, 0.25) is 0 Å². The second kappa shape index (κ2) is 5.17. The molecule has 1 atom stereocenters. The molecule has 0 aliphatic rings. The zero-order chi connectivity index (χ0) is 13.9. The Kier molecular flexibility index (Phi) is 4.07. The van der Waals surface area contributed by atoms with E-state index in [9.17, 15) is 22.4 Å². The predicted octanol–water partition coefficient (Wildman–Crippen LogP) is 3.58. The number of hydrogen-bond donors (Lipinski definition) is 0. The first-order valence-corrected chi connectivity index (χ1v) is 5.04. The van der Waals surface area contributed by atoms with Crippen LogP contribution < -0.4 is 0 Å². The molecule has 0 amide bonds. The fourth-order valence-electron chi connectivity index (χ4n) is 1.41. The summed E-state index contributed by atoms with van der Waals surface area (Å²) in [4.78, 5) is 11.7. The summed E-state index contributed by atoms with van der Waals surface area (Å²) in [6, 6.07) is 3.40. The van der Waals surface area contributed by atoms with Crippen molar-refractivity contribution in [1.82, 2.24) is 0 Å². The maximum atomic E-state index is 13.1. The van der Waals surface area contributed by atoms with Gasteiger partial charge in [0.15, 0.2) is 5.78 Å². The number of carbonyl (C=O) groups is 1. The third-order valence-corrected chi connectivity index (χ3v) is 2.35. The number of alkyl halides is 3. The van der Waals surface area contributed by atoms with Crippen LogP contribution in [0.3, 0.4) is 0 Å². The number of benzene rings is 1. The molecule has 2 nitrogen and oxygen atoms in total. The summed E-state index contributed by atoms with van der Waals surface area (Å²) >= 11 is 0. The van der Waals surface area contributed by atoms with E-state index in [0.717, 1.165) is 6.07 Å². The van der Waals surface area contributed by atoms with Gasteiger partial charge in [0.1, 0.15) is 5.82 Å². The standard InChI is InChI=1S/C12H9F4NO/c1-7(2-3-17)11(18)8-4-9(12(14,15)16)6-10(13)5-8/h4-7H,2H2,1H3. The minimum atomic E-state index is -4.71. The van der Waals surface area contributed by atoms with E-state index in [-0.39, 0.29) is 12.0 Å². The van der Waals surface area contributed by atoms with Crippen molar-refractivity contribution in [3.63, 3.8) is 0 Å². The van der Waals surface area contributed by atoms with Gasteiger partial charge in [0.05, 0.1) is 11.6 Å². The molecule has 6 heteroatoms. The largest absolute Gasteiger partial charge is 0.416 e. The van der Waals surface area contributed by atoms with Crippen LogP contribution in [-0.4, -0.2) is 5.78 Å².